The minimum Gasteiger partial charge on any atom is -0.493 e. The number of methoxy groups -OCH3 is 6. The number of anilines is 2. The predicted octanol–water partition coefficient (Wildman–Crippen LogP) is 3.48. The number of hydrogen-bond acceptors (Lipinski definition) is 7. The summed E-state index contributed by atoms with van der Waals surface area (Å²) in [6.45, 7) is 0. The number of ether oxygens (including phenoxy) is 6. The van der Waals surface area contributed by atoms with Crippen molar-refractivity contribution in [3.63, 3.8) is 0 Å². The highest BCUT2D eigenvalue weighted by atomic mass is 16.5. The number of rotatable bonds is 8. The average molecular weight is 349 g/mol. The van der Waals surface area contributed by atoms with E-state index in [2.05, 4.69) is 5.32 Å². The van der Waals surface area contributed by atoms with Crippen LogP contribution in [0.3, 0.4) is 0 Å². The Labute approximate surface area is 147 Å². The molecule has 0 unspecified atom stereocenters. The molecule has 0 saturated heterocycles. The molecule has 7 heteroatoms. The first kappa shape index (κ1) is 18.4. The van der Waals surface area contributed by atoms with E-state index in [1.807, 2.05) is 12.1 Å². The van der Waals surface area contributed by atoms with Crippen molar-refractivity contribution >= 4 is 11.4 Å². The summed E-state index contributed by atoms with van der Waals surface area (Å²) in [5.41, 5.74) is 1.37. The maximum Gasteiger partial charge on any atom is 0.205 e. The van der Waals surface area contributed by atoms with Gasteiger partial charge in [-0.15, -0.1) is 0 Å². The Morgan fingerprint density at radius 2 is 0.840 bits per heavy atom. The molecule has 2 aromatic carbocycles. The molecule has 0 aliphatic heterocycles. The first-order valence-electron chi connectivity index (χ1n) is 7.50. The molecule has 0 aromatic heterocycles. The van der Waals surface area contributed by atoms with E-state index < -0.39 is 0 Å². The molecule has 2 rings (SSSR count). The molecule has 0 saturated carbocycles. The lowest BCUT2D eigenvalue weighted by Crippen LogP contribution is -2.02. The summed E-state index contributed by atoms with van der Waals surface area (Å²) in [6, 6.07) is 7.24. The highest BCUT2D eigenvalue weighted by Crippen LogP contribution is 2.47. The molecule has 25 heavy (non-hydrogen) atoms. The van der Waals surface area contributed by atoms with Crippen LogP contribution in [0.5, 0.6) is 34.5 Å². The fourth-order valence-electron chi connectivity index (χ4n) is 2.54. The van der Waals surface area contributed by atoms with Gasteiger partial charge in [-0.25, -0.2) is 0 Å². The van der Waals surface area contributed by atoms with Crippen molar-refractivity contribution in [3.05, 3.63) is 24.3 Å². The zero-order valence-electron chi connectivity index (χ0n) is 15.3. The van der Waals surface area contributed by atoms with Crippen LogP contribution in [-0.4, -0.2) is 42.7 Å². The lowest BCUT2D eigenvalue weighted by Gasteiger charge is -2.19. The van der Waals surface area contributed by atoms with Crippen molar-refractivity contribution in [2.45, 2.75) is 0 Å². The van der Waals surface area contributed by atoms with E-state index in [1.165, 1.54) is 0 Å². The zero-order chi connectivity index (χ0) is 18.4. The Bertz CT molecular complexity index is 670. The van der Waals surface area contributed by atoms with Gasteiger partial charge in [-0.2, -0.15) is 0 Å². The molecule has 136 valence electrons. The quantitative estimate of drug-likeness (QED) is 0.782. The maximum atomic E-state index is 5.49. The predicted molar refractivity (Wildman–Crippen MR) is 95.5 cm³/mol. The molecule has 0 aliphatic carbocycles. The van der Waals surface area contributed by atoms with E-state index in [0.29, 0.717) is 45.9 Å². The molecule has 7 nitrogen and oxygen atoms in total. The van der Waals surface area contributed by atoms with Crippen molar-refractivity contribution in [2.75, 3.05) is 48.0 Å². The van der Waals surface area contributed by atoms with Gasteiger partial charge < -0.3 is 33.7 Å². The van der Waals surface area contributed by atoms with Gasteiger partial charge in [0.1, 0.15) is 0 Å². The lowest BCUT2D eigenvalue weighted by atomic mass is 10.2. The van der Waals surface area contributed by atoms with E-state index in [9.17, 15) is 0 Å². The molecule has 0 atom stereocenters. The molecule has 1 N–H and O–H groups in total. The van der Waals surface area contributed by atoms with Gasteiger partial charge >= 0.3 is 0 Å². The van der Waals surface area contributed by atoms with Crippen molar-refractivity contribution < 1.29 is 28.4 Å². The second-order valence-electron chi connectivity index (χ2n) is 4.89. The zero-order valence-corrected chi connectivity index (χ0v) is 15.3. The summed E-state index contributed by atoms with van der Waals surface area (Å²) in [5, 5.41) is 3.27. The van der Waals surface area contributed by atoms with E-state index in [0.717, 1.165) is 0 Å². The van der Waals surface area contributed by atoms with Gasteiger partial charge in [0.2, 0.25) is 11.5 Å². The molecule has 0 radical (unpaired) electrons. The molecule has 2 aromatic rings. The van der Waals surface area contributed by atoms with Gasteiger partial charge in [0.25, 0.3) is 0 Å². The first-order chi connectivity index (χ1) is 12.1. The lowest BCUT2D eigenvalue weighted by molar-refractivity contribution is 0.324. The van der Waals surface area contributed by atoms with Gasteiger partial charge in [0.05, 0.1) is 54.0 Å². The smallest absolute Gasteiger partial charge is 0.205 e. The average Bonchev–Trinajstić information content (AvgIpc) is 2.66. The molecular weight excluding hydrogens is 326 g/mol. The van der Waals surface area contributed by atoms with Crippen LogP contribution in [0.4, 0.5) is 11.4 Å². The number of nitrogens with one attached hydrogen (secondary N) is 1. The third-order valence-electron chi connectivity index (χ3n) is 3.68. The van der Waals surface area contributed by atoms with Crippen LogP contribution in [0.25, 0.3) is 0 Å². The first-order valence-corrected chi connectivity index (χ1v) is 7.50. The molecule has 0 heterocycles. The van der Waals surface area contributed by atoms with E-state index in [4.69, 9.17) is 28.4 Å². The second-order valence-corrected chi connectivity index (χ2v) is 4.89. The second kappa shape index (κ2) is 8.23. The SMILES string of the molecule is COc1ccc(Nc2ccc(OC)c(OC)c2OC)c(OC)c1OC. The van der Waals surface area contributed by atoms with Crippen LogP contribution < -0.4 is 33.7 Å². The van der Waals surface area contributed by atoms with Gasteiger partial charge in [0.15, 0.2) is 23.0 Å². The van der Waals surface area contributed by atoms with Crippen LogP contribution in [0.1, 0.15) is 0 Å². The fraction of sp³-hybridized carbons (Fsp3) is 0.333. The van der Waals surface area contributed by atoms with Crippen molar-refractivity contribution in [1.82, 2.24) is 0 Å². The van der Waals surface area contributed by atoms with Crippen molar-refractivity contribution in [2.24, 2.45) is 0 Å². The van der Waals surface area contributed by atoms with Crippen LogP contribution in [0.2, 0.25) is 0 Å². The van der Waals surface area contributed by atoms with Crippen molar-refractivity contribution in [3.8, 4) is 34.5 Å². The standard InChI is InChI=1S/C18H23NO6/c1-20-13-9-7-11(15(22-3)17(13)24-5)19-12-8-10-14(21-2)18(25-6)16(12)23-4/h7-10,19H,1-6H3. The summed E-state index contributed by atoms with van der Waals surface area (Å²) < 4.78 is 32.4. The Morgan fingerprint density at radius 1 is 0.480 bits per heavy atom. The Hall–Kier alpha value is -2.96. The Morgan fingerprint density at radius 3 is 1.12 bits per heavy atom. The normalized spacial score (nSPS) is 10.0. The number of benzene rings is 2. The molecule has 0 fully saturated rings. The monoisotopic (exact) mass is 349 g/mol. The largest absolute Gasteiger partial charge is 0.493 e. The maximum absolute atomic E-state index is 5.49. The van der Waals surface area contributed by atoms with Crippen LogP contribution in [0.15, 0.2) is 24.3 Å². The third-order valence-corrected chi connectivity index (χ3v) is 3.68. The number of hydrogen-bond donors (Lipinski definition) is 1. The van der Waals surface area contributed by atoms with E-state index in [1.54, 1.807) is 54.8 Å². The molecule has 0 spiro atoms. The van der Waals surface area contributed by atoms with E-state index >= 15 is 0 Å². The highest BCUT2D eigenvalue weighted by Gasteiger charge is 2.20. The minimum atomic E-state index is 0.495. The van der Waals surface area contributed by atoms with Crippen LogP contribution >= 0.6 is 0 Å². The minimum absolute atomic E-state index is 0.495. The summed E-state index contributed by atoms with van der Waals surface area (Å²) in [4.78, 5) is 0. The summed E-state index contributed by atoms with van der Waals surface area (Å²) in [6.07, 6.45) is 0. The molecule has 0 aliphatic rings. The fourth-order valence-corrected chi connectivity index (χ4v) is 2.54. The van der Waals surface area contributed by atoms with Crippen LogP contribution in [-0.2, 0) is 0 Å². The van der Waals surface area contributed by atoms with E-state index in [-0.39, 0.29) is 0 Å². The van der Waals surface area contributed by atoms with Crippen molar-refractivity contribution in [1.29, 1.82) is 0 Å². The highest BCUT2D eigenvalue weighted by molar-refractivity contribution is 5.78. The summed E-state index contributed by atoms with van der Waals surface area (Å²) in [5.74, 6) is 3.16. The van der Waals surface area contributed by atoms with Gasteiger partial charge in [-0.3, -0.25) is 0 Å². The summed E-state index contributed by atoms with van der Waals surface area (Å²) in [7, 11) is 9.38. The van der Waals surface area contributed by atoms with Gasteiger partial charge in [-0.05, 0) is 24.3 Å². The van der Waals surface area contributed by atoms with Crippen LogP contribution in [0, 0.1) is 0 Å². The van der Waals surface area contributed by atoms with Gasteiger partial charge in [0, 0.05) is 0 Å². The van der Waals surface area contributed by atoms with Gasteiger partial charge in [-0.1, -0.05) is 0 Å². The Balaban J connectivity index is 2.53. The Kier molecular flexibility index (Phi) is 6.05. The molecule has 0 amide bonds. The molecule has 0 bridgehead atoms. The summed E-state index contributed by atoms with van der Waals surface area (Å²) >= 11 is 0. The topological polar surface area (TPSA) is 67.4 Å². The molecular formula is C18H23NO6. The third kappa shape index (κ3) is 3.45.